The van der Waals surface area contributed by atoms with E-state index in [1.165, 1.54) is 4.90 Å². The van der Waals surface area contributed by atoms with Crippen molar-refractivity contribution < 1.29 is 28.8 Å². The van der Waals surface area contributed by atoms with Crippen LogP contribution in [0.3, 0.4) is 0 Å². The molecule has 2 rings (SSSR count). The van der Waals surface area contributed by atoms with Crippen LogP contribution in [0.4, 0.5) is 9.59 Å². The third kappa shape index (κ3) is 7.44. The zero-order chi connectivity index (χ0) is 19.9. The second-order valence-electron chi connectivity index (χ2n) is 7.44. The van der Waals surface area contributed by atoms with E-state index in [9.17, 15) is 9.59 Å². The average Bonchev–Trinajstić information content (AvgIpc) is 2.61. The van der Waals surface area contributed by atoms with E-state index in [1.54, 1.807) is 27.9 Å². The molecule has 0 bridgehead atoms. The van der Waals surface area contributed by atoms with Gasteiger partial charge in [-0.05, 0) is 32.8 Å². The summed E-state index contributed by atoms with van der Waals surface area (Å²) in [5, 5.41) is 2.70. The van der Waals surface area contributed by atoms with Gasteiger partial charge >= 0.3 is 12.2 Å². The van der Waals surface area contributed by atoms with Gasteiger partial charge in [-0.2, -0.15) is 4.89 Å². The van der Waals surface area contributed by atoms with E-state index in [2.05, 4.69) is 5.32 Å². The molecular weight excluding hydrogens is 352 g/mol. The molecule has 0 radical (unpaired) electrons. The number of piperidine rings is 1. The number of carbonyl (C=O) groups excluding carboxylic acids is 2. The van der Waals surface area contributed by atoms with Gasteiger partial charge in [-0.25, -0.2) is 9.59 Å². The zero-order valence-corrected chi connectivity index (χ0v) is 16.3. The first-order valence-electron chi connectivity index (χ1n) is 8.91. The molecular formula is C19H28N2O6. The lowest BCUT2D eigenvalue weighted by atomic mass is 10.0. The number of amides is 2. The van der Waals surface area contributed by atoms with Crippen molar-refractivity contribution in [1.29, 1.82) is 0 Å². The van der Waals surface area contributed by atoms with Gasteiger partial charge in [0.15, 0.2) is 0 Å². The Balaban J connectivity index is 1.82. The van der Waals surface area contributed by atoms with Gasteiger partial charge < -0.3 is 19.7 Å². The summed E-state index contributed by atoms with van der Waals surface area (Å²) in [7, 11) is 1.57. The SMILES string of the molecule is COC1CC(NC(=O)OOCc2ccccc2)CN(C(=O)OC(C)(C)C)C1. The summed E-state index contributed by atoms with van der Waals surface area (Å²) in [5.74, 6) is 0. The number of hydrogen-bond acceptors (Lipinski definition) is 6. The number of benzene rings is 1. The molecule has 0 aliphatic carbocycles. The molecule has 27 heavy (non-hydrogen) atoms. The summed E-state index contributed by atoms with van der Waals surface area (Å²) in [6.45, 7) is 6.29. The second kappa shape index (κ2) is 9.57. The summed E-state index contributed by atoms with van der Waals surface area (Å²) in [6.07, 6.45) is -0.799. The van der Waals surface area contributed by atoms with Crippen LogP contribution < -0.4 is 5.32 Å². The van der Waals surface area contributed by atoms with Crippen LogP contribution in [0.2, 0.25) is 0 Å². The van der Waals surface area contributed by atoms with Crippen LogP contribution >= 0.6 is 0 Å². The minimum Gasteiger partial charge on any atom is -0.444 e. The minimum atomic E-state index is -0.711. The molecule has 0 saturated carbocycles. The van der Waals surface area contributed by atoms with E-state index in [0.717, 1.165) is 5.56 Å². The number of hydrogen-bond donors (Lipinski definition) is 1. The fourth-order valence-corrected chi connectivity index (χ4v) is 2.72. The lowest BCUT2D eigenvalue weighted by Crippen LogP contribution is -2.55. The molecule has 1 aliphatic heterocycles. The van der Waals surface area contributed by atoms with Crippen molar-refractivity contribution in [3.05, 3.63) is 35.9 Å². The highest BCUT2D eigenvalue weighted by molar-refractivity contribution is 5.69. The molecule has 1 aliphatic rings. The van der Waals surface area contributed by atoms with Crippen LogP contribution in [0.5, 0.6) is 0 Å². The molecule has 1 aromatic carbocycles. The minimum absolute atomic E-state index is 0.156. The Bertz CT molecular complexity index is 616. The van der Waals surface area contributed by atoms with Crippen molar-refractivity contribution in [2.75, 3.05) is 20.2 Å². The molecule has 1 fully saturated rings. The number of nitrogens with one attached hydrogen (secondary N) is 1. The van der Waals surface area contributed by atoms with Gasteiger partial charge in [-0.3, -0.25) is 4.89 Å². The summed E-state index contributed by atoms with van der Waals surface area (Å²) < 4.78 is 10.8. The Morgan fingerprint density at radius 1 is 1.19 bits per heavy atom. The maximum absolute atomic E-state index is 12.3. The quantitative estimate of drug-likeness (QED) is 0.624. The van der Waals surface area contributed by atoms with Gasteiger partial charge in [0.1, 0.15) is 12.2 Å². The molecule has 1 heterocycles. The lowest BCUT2D eigenvalue weighted by molar-refractivity contribution is -0.249. The van der Waals surface area contributed by atoms with Crippen molar-refractivity contribution in [2.45, 2.75) is 51.5 Å². The zero-order valence-electron chi connectivity index (χ0n) is 16.3. The Labute approximate surface area is 159 Å². The molecule has 150 valence electrons. The van der Waals surface area contributed by atoms with Gasteiger partial charge in [-0.15, -0.1) is 0 Å². The highest BCUT2D eigenvalue weighted by Gasteiger charge is 2.33. The third-order valence-electron chi connectivity index (χ3n) is 3.92. The van der Waals surface area contributed by atoms with E-state index >= 15 is 0 Å². The molecule has 1 N–H and O–H groups in total. The first-order chi connectivity index (χ1) is 12.8. The summed E-state index contributed by atoms with van der Waals surface area (Å²) in [6, 6.07) is 9.04. The van der Waals surface area contributed by atoms with Crippen LogP contribution in [0.15, 0.2) is 30.3 Å². The Hall–Kier alpha value is -2.32. The molecule has 8 nitrogen and oxygen atoms in total. The molecule has 2 amide bonds. The largest absolute Gasteiger partial charge is 0.444 e. The summed E-state index contributed by atoms with van der Waals surface area (Å²) in [5.41, 5.74) is 0.294. The van der Waals surface area contributed by atoms with E-state index in [-0.39, 0.29) is 18.8 Å². The normalized spacial score (nSPS) is 20.1. The standard InChI is InChI=1S/C19H28N2O6/c1-19(2,3)26-18(23)21-11-15(10-16(12-21)24-4)20-17(22)27-25-13-14-8-6-5-7-9-14/h5-9,15-16H,10-13H2,1-4H3,(H,20,22). The van der Waals surface area contributed by atoms with E-state index < -0.39 is 17.8 Å². The van der Waals surface area contributed by atoms with Gasteiger partial charge in [-0.1, -0.05) is 30.3 Å². The van der Waals surface area contributed by atoms with Crippen LogP contribution in [-0.4, -0.2) is 55.0 Å². The second-order valence-corrected chi connectivity index (χ2v) is 7.44. The summed E-state index contributed by atoms with van der Waals surface area (Å²) >= 11 is 0. The number of methoxy groups -OCH3 is 1. The topological polar surface area (TPSA) is 86.3 Å². The van der Waals surface area contributed by atoms with E-state index in [4.69, 9.17) is 19.2 Å². The lowest BCUT2D eigenvalue weighted by Gasteiger charge is -2.37. The molecule has 0 spiro atoms. The monoisotopic (exact) mass is 380 g/mol. The summed E-state index contributed by atoms with van der Waals surface area (Å²) in [4.78, 5) is 35.5. The molecule has 0 aromatic heterocycles. The number of carbonyl (C=O) groups is 2. The van der Waals surface area contributed by atoms with Crippen LogP contribution in [0.1, 0.15) is 32.8 Å². The third-order valence-corrected chi connectivity index (χ3v) is 3.92. The number of ether oxygens (including phenoxy) is 2. The van der Waals surface area contributed by atoms with Crippen molar-refractivity contribution in [3.8, 4) is 0 Å². The van der Waals surface area contributed by atoms with Crippen molar-refractivity contribution in [2.24, 2.45) is 0 Å². The van der Waals surface area contributed by atoms with Gasteiger partial charge in [0.05, 0.1) is 18.7 Å². The molecule has 1 aromatic rings. The maximum Gasteiger partial charge on any atom is 0.438 e. The van der Waals surface area contributed by atoms with Crippen molar-refractivity contribution >= 4 is 12.2 Å². The van der Waals surface area contributed by atoms with Gasteiger partial charge in [0, 0.05) is 13.7 Å². The number of rotatable bonds is 5. The Kier molecular flexibility index (Phi) is 7.44. The van der Waals surface area contributed by atoms with Crippen LogP contribution in [0, 0.1) is 0 Å². The molecule has 2 unspecified atom stereocenters. The van der Waals surface area contributed by atoms with E-state index in [1.807, 2.05) is 30.3 Å². The maximum atomic E-state index is 12.3. The van der Waals surface area contributed by atoms with Gasteiger partial charge in [0.25, 0.3) is 0 Å². The Morgan fingerprint density at radius 3 is 2.52 bits per heavy atom. The molecule has 1 saturated heterocycles. The van der Waals surface area contributed by atoms with Gasteiger partial charge in [0.2, 0.25) is 0 Å². The van der Waals surface area contributed by atoms with Crippen LogP contribution in [-0.2, 0) is 25.9 Å². The average molecular weight is 380 g/mol. The highest BCUT2D eigenvalue weighted by Crippen LogP contribution is 2.17. The molecule has 8 heteroatoms. The fourth-order valence-electron chi connectivity index (χ4n) is 2.72. The first kappa shape index (κ1) is 21.0. The fraction of sp³-hybridized carbons (Fsp3) is 0.579. The highest BCUT2D eigenvalue weighted by atomic mass is 17.2. The van der Waals surface area contributed by atoms with Crippen molar-refractivity contribution in [1.82, 2.24) is 10.2 Å². The molecule has 2 atom stereocenters. The van der Waals surface area contributed by atoms with Crippen molar-refractivity contribution in [3.63, 3.8) is 0 Å². The van der Waals surface area contributed by atoms with Crippen LogP contribution in [0.25, 0.3) is 0 Å². The number of nitrogens with zero attached hydrogens (tertiary/aromatic N) is 1. The predicted molar refractivity (Wildman–Crippen MR) is 97.9 cm³/mol. The first-order valence-corrected chi connectivity index (χ1v) is 8.91. The smallest absolute Gasteiger partial charge is 0.438 e. The predicted octanol–water partition coefficient (Wildman–Crippen LogP) is 2.87. The number of likely N-dealkylation sites (tertiary alicyclic amines) is 1. The Morgan fingerprint density at radius 2 is 1.89 bits per heavy atom. The van der Waals surface area contributed by atoms with E-state index in [0.29, 0.717) is 19.5 Å².